The van der Waals surface area contributed by atoms with Crippen molar-refractivity contribution in [3.05, 3.63) is 18.3 Å². The average Bonchev–Trinajstić information content (AvgIpc) is 2.75. The van der Waals surface area contributed by atoms with E-state index in [1.807, 2.05) is 0 Å². The summed E-state index contributed by atoms with van der Waals surface area (Å²) in [7, 11) is -3.67. The number of rotatable bonds is 3. The zero-order valence-electron chi connectivity index (χ0n) is 7.72. The van der Waals surface area contributed by atoms with E-state index in [4.69, 9.17) is 0 Å². The van der Waals surface area contributed by atoms with E-state index in [0.29, 0.717) is 5.82 Å². The molecule has 0 bridgehead atoms. The predicted molar refractivity (Wildman–Crippen MR) is 50.5 cm³/mol. The second-order valence-corrected chi connectivity index (χ2v) is 4.42. The van der Waals surface area contributed by atoms with Gasteiger partial charge in [0.15, 0.2) is 5.03 Å². The van der Waals surface area contributed by atoms with E-state index in [9.17, 15) is 8.42 Å². The first-order valence-corrected chi connectivity index (χ1v) is 5.46. The SMILES string of the molecule is Cc1nc(NS(=O)(=O)c2cnc[nH]2)n[nH]1. The van der Waals surface area contributed by atoms with Gasteiger partial charge in [-0.3, -0.25) is 5.10 Å². The third-order valence-corrected chi connectivity index (χ3v) is 2.84. The van der Waals surface area contributed by atoms with Crippen molar-refractivity contribution < 1.29 is 8.42 Å². The maximum atomic E-state index is 11.6. The zero-order valence-corrected chi connectivity index (χ0v) is 8.54. The molecule has 0 amide bonds. The topological polar surface area (TPSA) is 116 Å². The van der Waals surface area contributed by atoms with Crippen molar-refractivity contribution in [3.8, 4) is 0 Å². The fourth-order valence-corrected chi connectivity index (χ4v) is 1.80. The monoisotopic (exact) mass is 228 g/mol. The number of anilines is 1. The van der Waals surface area contributed by atoms with Gasteiger partial charge in [0.05, 0.1) is 12.5 Å². The normalized spacial score (nSPS) is 11.5. The lowest BCUT2D eigenvalue weighted by molar-refractivity contribution is 0.598. The molecule has 15 heavy (non-hydrogen) atoms. The highest BCUT2D eigenvalue weighted by molar-refractivity contribution is 7.92. The smallest absolute Gasteiger partial charge is 0.281 e. The fraction of sp³-hybridized carbons (Fsp3) is 0.167. The highest BCUT2D eigenvalue weighted by Gasteiger charge is 2.17. The second kappa shape index (κ2) is 3.35. The minimum absolute atomic E-state index is 0.00194. The Hall–Kier alpha value is -1.90. The molecule has 0 saturated heterocycles. The van der Waals surface area contributed by atoms with Crippen LogP contribution < -0.4 is 4.72 Å². The highest BCUT2D eigenvalue weighted by Crippen LogP contribution is 2.08. The van der Waals surface area contributed by atoms with Crippen molar-refractivity contribution in [2.24, 2.45) is 0 Å². The number of hydrogen-bond donors (Lipinski definition) is 3. The van der Waals surface area contributed by atoms with Crippen LogP contribution in [-0.4, -0.2) is 33.6 Å². The number of hydrogen-bond acceptors (Lipinski definition) is 5. The summed E-state index contributed by atoms with van der Waals surface area (Å²) in [5, 5.41) is 6.14. The predicted octanol–water partition coefficient (Wildman–Crippen LogP) is -0.363. The molecule has 80 valence electrons. The molecule has 0 saturated carbocycles. The highest BCUT2D eigenvalue weighted by atomic mass is 32.2. The summed E-state index contributed by atoms with van der Waals surface area (Å²) in [6, 6.07) is 0. The van der Waals surface area contributed by atoms with Gasteiger partial charge in [-0.1, -0.05) is 0 Å². The lowest BCUT2D eigenvalue weighted by Gasteiger charge is -1.99. The summed E-state index contributed by atoms with van der Waals surface area (Å²) >= 11 is 0. The van der Waals surface area contributed by atoms with Crippen LogP contribution in [0.5, 0.6) is 0 Å². The van der Waals surface area contributed by atoms with Crippen molar-refractivity contribution in [1.82, 2.24) is 25.1 Å². The van der Waals surface area contributed by atoms with Crippen LogP contribution in [0.3, 0.4) is 0 Å². The van der Waals surface area contributed by atoms with Crippen molar-refractivity contribution in [1.29, 1.82) is 0 Å². The Balaban J connectivity index is 2.26. The van der Waals surface area contributed by atoms with Crippen LogP contribution >= 0.6 is 0 Å². The first-order chi connectivity index (χ1) is 7.08. The van der Waals surface area contributed by atoms with Gasteiger partial charge < -0.3 is 4.98 Å². The number of nitrogens with one attached hydrogen (secondary N) is 3. The first kappa shape index (κ1) is 9.65. The largest absolute Gasteiger partial charge is 0.334 e. The van der Waals surface area contributed by atoms with Crippen LogP contribution in [-0.2, 0) is 10.0 Å². The molecule has 3 N–H and O–H groups in total. The molecule has 0 spiro atoms. The maximum absolute atomic E-state index is 11.6. The molecule has 0 fully saturated rings. The van der Waals surface area contributed by atoms with Crippen LogP contribution in [0.25, 0.3) is 0 Å². The minimum atomic E-state index is -3.67. The molecule has 2 aromatic heterocycles. The van der Waals surface area contributed by atoms with Crippen molar-refractivity contribution >= 4 is 16.0 Å². The summed E-state index contributed by atoms with van der Waals surface area (Å²) < 4.78 is 25.4. The molecule has 0 unspecified atom stereocenters. The second-order valence-electron chi connectivity index (χ2n) is 2.77. The van der Waals surface area contributed by atoms with Gasteiger partial charge in [-0.15, -0.1) is 5.10 Å². The standard InChI is InChI=1S/C6H8N6O2S/c1-4-9-6(11-10-4)12-15(13,14)5-2-7-3-8-5/h2-3H,1H3,(H,7,8)(H2,9,10,11,12). The summed E-state index contributed by atoms with van der Waals surface area (Å²) in [6.07, 6.45) is 2.47. The molecule has 0 aliphatic rings. The van der Waals surface area contributed by atoms with Crippen LogP contribution in [0.15, 0.2) is 17.6 Å². The van der Waals surface area contributed by atoms with E-state index in [2.05, 4.69) is 29.9 Å². The molecular weight excluding hydrogens is 220 g/mol. The summed E-state index contributed by atoms with van der Waals surface area (Å²) in [5.41, 5.74) is 0. The maximum Gasteiger partial charge on any atom is 0.281 e. The molecule has 2 aromatic rings. The number of aromatic amines is 2. The van der Waals surface area contributed by atoms with E-state index < -0.39 is 10.0 Å². The van der Waals surface area contributed by atoms with E-state index in [1.54, 1.807) is 6.92 Å². The Morgan fingerprint density at radius 1 is 1.47 bits per heavy atom. The third-order valence-electron chi connectivity index (χ3n) is 1.59. The third kappa shape index (κ3) is 1.96. The summed E-state index contributed by atoms with van der Waals surface area (Å²) in [6.45, 7) is 1.67. The van der Waals surface area contributed by atoms with Gasteiger partial charge in [0.1, 0.15) is 5.82 Å². The van der Waals surface area contributed by atoms with E-state index >= 15 is 0 Å². The van der Waals surface area contributed by atoms with Crippen LogP contribution in [0.1, 0.15) is 5.82 Å². The molecule has 2 heterocycles. The Labute approximate surface area is 85.2 Å². The van der Waals surface area contributed by atoms with Crippen molar-refractivity contribution in [3.63, 3.8) is 0 Å². The number of H-pyrrole nitrogens is 2. The van der Waals surface area contributed by atoms with E-state index in [0.717, 1.165) is 0 Å². The van der Waals surface area contributed by atoms with Gasteiger partial charge in [-0.25, -0.2) is 9.71 Å². The molecule has 2 rings (SSSR count). The number of aromatic nitrogens is 5. The van der Waals surface area contributed by atoms with Gasteiger partial charge >= 0.3 is 0 Å². The zero-order chi connectivity index (χ0) is 10.9. The molecule has 0 radical (unpaired) electrons. The van der Waals surface area contributed by atoms with Crippen LogP contribution in [0, 0.1) is 6.92 Å². The van der Waals surface area contributed by atoms with Crippen LogP contribution in [0.4, 0.5) is 5.95 Å². The van der Waals surface area contributed by atoms with E-state index in [1.165, 1.54) is 12.5 Å². The Kier molecular flexibility index (Phi) is 2.15. The van der Waals surface area contributed by atoms with Gasteiger partial charge in [-0.05, 0) is 6.92 Å². The molecular formula is C6H8N6O2S. The van der Waals surface area contributed by atoms with Crippen molar-refractivity contribution in [2.45, 2.75) is 11.9 Å². The Morgan fingerprint density at radius 3 is 2.80 bits per heavy atom. The number of aryl methyl sites for hydroxylation is 1. The molecule has 9 heteroatoms. The molecule has 0 aliphatic heterocycles. The lowest BCUT2D eigenvalue weighted by atomic mass is 10.8. The van der Waals surface area contributed by atoms with E-state index in [-0.39, 0.29) is 11.0 Å². The quantitative estimate of drug-likeness (QED) is 0.663. The molecule has 0 aliphatic carbocycles. The fourth-order valence-electron chi connectivity index (χ4n) is 0.954. The molecule has 0 atom stereocenters. The van der Waals surface area contributed by atoms with Gasteiger partial charge in [0, 0.05) is 0 Å². The average molecular weight is 228 g/mol. The van der Waals surface area contributed by atoms with Gasteiger partial charge in [0.25, 0.3) is 16.0 Å². The molecule has 0 aromatic carbocycles. The van der Waals surface area contributed by atoms with Gasteiger partial charge in [0.2, 0.25) is 0 Å². The lowest BCUT2D eigenvalue weighted by Crippen LogP contribution is -2.14. The van der Waals surface area contributed by atoms with Crippen LogP contribution in [0.2, 0.25) is 0 Å². The first-order valence-electron chi connectivity index (χ1n) is 3.98. The number of nitrogens with zero attached hydrogens (tertiary/aromatic N) is 3. The van der Waals surface area contributed by atoms with Crippen molar-refractivity contribution in [2.75, 3.05) is 4.72 Å². The molecule has 8 nitrogen and oxygen atoms in total. The van der Waals surface area contributed by atoms with Gasteiger partial charge in [-0.2, -0.15) is 13.4 Å². The Morgan fingerprint density at radius 2 is 2.27 bits per heavy atom. The number of imidazole rings is 1. The Bertz CT molecular complexity index is 542. The number of sulfonamides is 1. The summed E-state index contributed by atoms with van der Waals surface area (Å²) in [5.74, 6) is 0.527. The minimum Gasteiger partial charge on any atom is -0.334 e. The summed E-state index contributed by atoms with van der Waals surface area (Å²) in [4.78, 5) is 9.90.